The Morgan fingerprint density at radius 3 is 2.63 bits per heavy atom. The van der Waals surface area contributed by atoms with E-state index in [0.29, 0.717) is 30.9 Å². The van der Waals surface area contributed by atoms with Crippen LogP contribution >= 0.6 is 0 Å². The lowest BCUT2D eigenvalue weighted by atomic mass is 9.98. The second-order valence-corrected chi connectivity index (χ2v) is 9.06. The molecule has 0 bridgehead atoms. The Morgan fingerprint density at radius 2 is 1.97 bits per heavy atom. The second kappa shape index (κ2) is 9.32. The summed E-state index contributed by atoms with van der Waals surface area (Å²) in [6.45, 7) is 2.68. The minimum Gasteiger partial charge on any atom is -0.493 e. The molecule has 1 fully saturated rings. The van der Waals surface area contributed by atoms with Crippen molar-refractivity contribution in [1.82, 2.24) is 9.71 Å². The molecule has 0 radical (unpaired) electrons. The summed E-state index contributed by atoms with van der Waals surface area (Å²) in [5.74, 6) is 0.376. The number of benzene rings is 1. The molecule has 1 aliphatic rings. The number of aromatic nitrogens is 1. The third kappa shape index (κ3) is 5.93. The maximum atomic E-state index is 12.9. The number of hydrogen-bond donors (Lipinski definition) is 1. The highest BCUT2D eigenvalue weighted by Gasteiger charge is 2.31. The number of rotatable bonds is 7. The fourth-order valence-corrected chi connectivity index (χ4v) is 4.06. The van der Waals surface area contributed by atoms with Gasteiger partial charge in [0.05, 0.1) is 30.2 Å². The predicted octanol–water partition coefficient (Wildman–Crippen LogP) is 3.49. The molecule has 0 amide bonds. The van der Waals surface area contributed by atoms with E-state index in [0.717, 1.165) is 18.3 Å². The number of pyridine rings is 1. The minimum absolute atomic E-state index is 0.00295. The summed E-state index contributed by atoms with van der Waals surface area (Å²) in [6, 6.07) is 8.21. The number of ether oxygens (including phenoxy) is 2. The van der Waals surface area contributed by atoms with Gasteiger partial charge in [0, 0.05) is 30.3 Å². The third-order valence-electron chi connectivity index (χ3n) is 4.89. The van der Waals surface area contributed by atoms with Crippen molar-refractivity contribution in [2.45, 2.75) is 25.6 Å². The Labute approximate surface area is 173 Å². The van der Waals surface area contributed by atoms with Crippen LogP contribution in [0.2, 0.25) is 0 Å². The largest absolute Gasteiger partial charge is 0.493 e. The highest BCUT2D eigenvalue weighted by atomic mass is 32.2. The van der Waals surface area contributed by atoms with Crippen molar-refractivity contribution < 1.29 is 31.1 Å². The van der Waals surface area contributed by atoms with E-state index >= 15 is 0 Å². The first kappa shape index (κ1) is 22.5. The number of nitrogens with zero attached hydrogens (tertiary/aromatic N) is 1. The molecule has 10 heteroatoms. The van der Waals surface area contributed by atoms with Crippen LogP contribution in [0.4, 0.5) is 13.2 Å². The van der Waals surface area contributed by atoms with Gasteiger partial charge in [-0.25, -0.2) is 13.1 Å². The maximum absolute atomic E-state index is 12.9. The summed E-state index contributed by atoms with van der Waals surface area (Å²) in [6.07, 6.45) is -2.74. The van der Waals surface area contributed by atoms with Crippen LogP contribution < -0.4 is 9.46 Å². The van der Waals surface area contributed by atoms with Gasteiger partial charge in [0.25, 0.3) is 0 Å². The Bertz CT molecular complexity index is 949. The number of hydrogen-bond acceptors (Lipinski definition) is 5. The lowest BCUT2D eigenvalue weighted by molar-refractivity contribution is -0.137. The molecule has 164 valence electrons. The van der Waals surface area contributed by atoms with Crippen LogP contribution in [0.5, 0.6) is 5.75 Å². The van der Waals surface area contributed by atoms with Crippen molar-refractivity contribution in [1.29, 1.82) is 0 Å². The van der Waals surface area contributed by atoms with E-state index in [1.165, 1.54) is 0 Å². The van der Waals surface area contributed by atoms with E-state index < -0.39 is 21.8 Å². The molecule has 0 spiro atoms. The third-order valence-corrected chi connectivity index (χ3v) is 6.31. The second-order valence-electron chi connectivity index (χ2n) is 7.01. The van der Waals surface area contributed by atoms with E-state index in [9.17, 15) is 21.6 Å². The van der Waals surface area contributed by atoms with Crippen molar-refractivity contribution in [3.8, 4) is 17.0 Å². The van der Waals surface area contributed by atoms with Gasteiger partial charge < -0.3 is 9.47 Å². The highest BCUT2D eigenvalue weighted by molar-refractivity contribution is 7.89. The Kier molecular flexibility index (Phi) is 6.99. The Morgan fingerprint density at radius 1 is 1.23 bits per heavy atom. The van der Waals surface area contributed by atoms with Gasteiger partial charge in [-0.05, 0) is 49.7 Å². The fourth-order valence-electron chi connectivity index (χ4n) is 3.12. The molecule has 1 saturated heterocycles. The molecule has 2 heterocycles. The van der Waals surface area contributed by atoms with Gasteiger partial charge in [-0.2, -0.15) is 13.2 Å². The van der Waals surface area contributed by atoms with Gasteiger partial charge in [0.2, 0.25) is 10.0 Å². The van der Waals surface area contributed by atoms with Crippen LogP contribution in [0.3, 0.4) is 0 Å². The molecule has 0 aliphatic carbocycles. The molecule has 6 nitrogen and oxygen atoms in total. The predicted molar refractivity (Wildman–Crippen MR) is 105 cm³/mol. The van der Waals surface area contributed by atoms with Crippen molar-refractivity contribution in [2.24, 2.45) is 5.92 Å². The topological polar surface area (TPSA) is 77.5 Å². The zero-order valence-corrected chi connectivity index (χ0v) is 17.2. The van der Waals surface area contributed by atoms with E-state index in [1.807, 2.05) is 0 Å². The highest BCUT2D eigenvalue weighted by Crippen LogP contribution is 2.31. The van der Waals surface area contributed by atoms with Gasteiger partial charge in [0.1, 0.15) is 5.75 Å². The molecule has 2 atom stereocenters. The Balaban J connectivity index is 1.64. The smallest absolute Gasteiger partial charge is 0.416 e. The van der Waals surface area contributed by atoms with Crippen LogP contribution in [0, 0.1) is 5.92 Å². The Hall–Kier alpha value is -2.17. The van der Waals surface area contributed by atoms with Crippen molar-refractivity contribution >= 4 is 10.0 Å². The van der Waals surface area contributed by atoms with Crippen LogP contribution in [-0.4, -0.2) is 45.0 Å². The van der Waals surface area contributed by atoms with E-state index in [-0.39, 0.29) is 30.0 Å². The SMILES string of the molecule is CCS(=O)(=O)N[C@H]1CCOC[C@@H]1COc1ccc(-c2cc(C(F)(F)F)ccn2)cc1. The van der Waals surface area contributed by atoms with Crippen LogP contribution in [-0.2, 0) is 20.9 Å². The lowest BCUT2D eigenvalue weighted by Crippen LogP contribution is -2.47. The average molecular weight is 444 g/mol. The zero-order chi connectivity index (χ0) is 21.8. The normalized spacial score (nSPS) is 20.1. The molecule has 1 aromatic carbocycles. The summed E-state index contributed by atoms with van der Waals surface area (Å²) in [5, 5.41) is 0. The van der Waals surface area contributed by atoms with Crippen molar-refractivity contribution in [3.63, 3.8) is 0 Å². The number of alkyl halides is 3. The fraction of sp³-hybridized carbons (Fsp3) is 0.450. The molecule has 30 heavy (non-hydrogen) atoms. The number of halogens is 3. The van der Waals surface area contributed by atoms with E-state index in [4.69, 9.17) is 9.47 Å². The van der Waals surface area contributed by atoms with Gasteiger partial charge >= 0.3 is 6.18 Å². The van der Waals surface area contributed by atoms with Gasteiger partial charge in [-0.15, -0.1) is 0 Å². The molecule has 1 aromatic heterocycles. The lowest BCUT2D eigenvalue weighted by Gasteiger charge is -2.31. The first-order valence-corrected chi connectivity index (χ1v) is 11.2. The van der Waals surface area contributed by atoms with Crippen molar-refractivity contribution in [3.05, 3.63) is 48.2 Å². The quantitative estimate of drug-likeness (QED) is 0.708. The standard InChI is InChI=1S/C20H23F3N2O4S/c1-2-30(26,27)25-18-8-10-28-12-15(18)13-29-17-5-3-14(4-6-17)19-11-16(7-9-24-19)20(21,22)23/h3-7,9,11,15,18,25H,2,8,10,12-13H2,1H3/t15-,18+/m1/s1. The van der Waals surface area contributed by atoms with Crippen LogP contribution in [0.15, 0.2) is 42.6 Å². The van der Waals surface area contributed by atoms with Crippen LogP contribution in [0.1, 0.15) is 18.9 Å². The van der Waals surface area contributed by atoms with E-state index in [2.05, 4.69) is 9.71 Å². The minimum atomic E-state index is -4.43. The molecule has 0 unspecified atom stereocenters. The molecule has 1 aliphatic heterocycles. The molecule has 2 aromatic rings. The first-order chi connectivity index (χ1) is 14.2. The molecular formula is C20H23F3N2O4S. The van der Waals surface area contributed by atoms with Gasteiger partial charge in [0.15, 0.2) is 0 Å². The number of sulfonamides is 1. The zero-order valence-electron chi connectivity index (χ0n) is 16.4. The average Bonchev–Trinajstić information content (AvgIpc) is 2.73. The first-order valence-electron chi connectivity index (χ1n) is 9.52. The van der Waals surface area contributed by atoms with Crippen molar-refractivity contribution in [2.75, 3.05) is 25.6 Å². The monoisotopic (exact) mass is 444 g/mol. The van der Waals surface area contributed by atoms with Gasteiger partial charge in [-0.3, -0.25) is 4.98 Å². The summed E-state index contributed by atoms with van der Waals surface area (Å²) in [7, 11) is -3.33. The molecular weight excluding hydrogens is 421 g/mol. The summed E-state index contributed by atoms with van der Waals surface area (Å²) < 4.78 is 76.3. The summed E-state index contributed by atoms with van der Waals surface area (Å²) in [5.41, 5.74) is -0.0141. The molecule has 1 N–H and O–H groups in total. The number of nitrogens with one attached hydrogen (secondary N) is 1. The summed E-state index contributed by atoms with van der Waals surface area (Å²) >= 11 is 0. The summed E-state index contributed by atoms with van der Waals surface area (Å²) in [4.78, 5) is 4.00. The molecule has 0 saturated carbocycles. The molecule has 3 rings (SSSR count). The van der Waals surface area contributed by atoms with E-state index in [1.54, 1.807) is 31.2 Å². The van der Waals surface area contributed by atoms with Gasteiger partial charge in [-0.1, -0.05) is 0 Å². The van der Waals surface area contributed by atoms with Crippen LogP contribution in [0.25, 0.3) is 11.3 Å². The maximum Gasteiger partial charge on any atom is 0.416 e.